The first-order chi connectivity index (χ1) is 8.69. The van der Waals surface area contributed by atoms with Gasteiger partial charge in [0.05, 0.1) is 11.6 Å². The summed E-state index contributed by atoms with van der Waals surface area (Å²) >= 11 is 7.00. The van der Waals surface area contributed by atoms with Crippen LogP contribution in [0.3, 0.4) is 0 Å². The highest BCUT2D eigenvalue weighted by molar-refractivity contribution is 9.11. The molecule has 0 aromatic heterocycles. The molecule has 0 aliphatic carbocycles. The lowest BCUT2D eigenvalue weighted by Gasteiger charge is -2.12. The number of halogens is 4. The van der Waals surface area contributed by atoms with E-state index in [0.717, 1.165) is 52.9 Å². The second kappa shape index (κ2) is 13.2. The lowest BCUT2D eigenvalue weighted by atomic mass is 10.2. The Balaban J connectivity index is 0. The molecular formula is C13H22Br2Cl2N2O. The maximum Gasteiger partial charge on any atom is 0.137 e. The predicted molar refractivity (Wildman–Crippen MR) is 97.8 cm³/mol. The van der Waals surface area contributed by atoms with Crippen LogP contribution in [0.15, 0.2) is 21.1 Å². The van der Waals surface area contributed by atoms with Gasteiger partial charge in [-0.05, 0) is 54.1 Å². The van der Waals surface area contributed by atoms with Gasteiger partial charge in [0.25, 0.3) is 0 Å². The minimum atomic E-state index is 0. The Kier molecular flexibility index (Phi) is 15.0. The Bertz CT molecular complexity index is 382. The van der Waals surface area contributed by atoms with Crippen molar-refractivity contribution in [3.8, 4) is 5.75 Å². The zero-order chi connectivity index (χ0) is 13.4. The van der Waals surface area contributed by atoms with Crippen LogP contribution in [0.5, 0.6) is 5.75 Å². The third-order valence-corrected chi connectivity index (χ3v) is 3.61. The Morgan fingerprint density at radius 2 is 1.75 bits per heavy atom. The molecule has 0 amide bonds. The van der Waals surface area contributed by atoms with Crippen molar-refractivity contribution in [3.63, 3.8) is 0 Å². The maximum absolute atomic E-state index is 5.41. The standard InChI is InChI=1S/C13H20Br2N2O.2ClH/c1-3-16-5-4-6-17-9-10-7-11(14)8-12(15)13(10)18-2;;/h7-8,16-17H,3-6,9H2,1-2H3;2*1H. The molecule has 0 radical (unpaired) electrons. The smallest absolute Gasteiger partial charge is 0.137 e. The van der Waals surface area contributed by atoms with E-state index < -0.39 is 0 Å². The number of hydrogen-bond acceptors (Lipinski definition) is 3. The van der Waals surface area contributed by atoms with Crippen molar-refractivity contribution >= 4 is 56.7 Å². The number of methoxy groups -OCH3 is 1. The van der Waals surface area contributed by atoms with E-state index in [4.69, 9.17) is 4.74 Å². The molecule has 0 fully saturated rings. The molecule has 0 saturated carbocycles. The van der Waals surface area contributed by atoms with Crippen molar-refractivity contribution in [1.29, 1.82) is 0 Å². The average molecular weight is 453 g/mol. The van der Waals surface area contributed by atoms with Crippen LogP contribution in [0.4, 0.5) is 0 Å². The quantitative estimate of drug-likeness (QED) is 0.581. The van der Waals surface area contributed by atoms with Gasteiger partial charge in [-0.2, -0.15) is 0 Å². The summed E-state index contributed by atoms with van der Waals surface area (Å²) in [4.78, 5) is 0. The van der Waals surface area contributed by atoms with Gasteiger partial charge < -0.3 is 15.4 Å². The summed E-state index contributed by atoms with van der Waals surface area (Å²) in [5.41, 5.74) is 1.15. The largest absolute Gasteiger partial charge is 0.495 e. The zero-order valence-corrected chi connectivity index (χ0v) is 16.5. The van der Waals surface area contributed by atoms with E-state index in [9.17, 15) is 0 Å². The van der Waals surface area contributed by atoms with Crippen molar-refractivity contribution in [2.24, 2.45) is 0 Å². The molecule has 0 saturated heterocycles. The molecule has 0 atom stereocenters. The second-order valence-corrected chi connectivity index (χ2v) is 5.73. The van der Waals surface area contributed by atoms with E-state index in [1.54, 1.807) is 7.11 Å². The molecular weight excluding hydrogens is 431 g/mol. The molecule has 20 heavy (non-hydrogen) atoms. The number of benzene rings is 1. The Morgan fingerprint density at radius 3 is 2.35 bits per heavy atom. The van der Waals surface area contributed by atoms with Crippen LogP contribution in [-0.4, -0.2) is 26.7 Å². The van der Waals surface area contributed by atoms with Crippen LogP contribution in [0.2, 0.25) is 0 Å². The van der Waals surface area contributed by atoms with Crippen LogP contribution in [-0.2, 0) is 6.54 Å². The molecule has 0 aliphatic rings. The summed E-state index contributed by atoms with van der Waals surface area (Å²) in [6.45, 7) is 6.03. The fourth-order valence-electron chi connectivity index (χ4n) is 1.71. The maximum atomic E-state index is 5.41. The van der Waals surface area contributed by atoms with E-state index in [1.165, 1.54) is 0 Å². The summed E-state index contributed by atoms with van der Waals surface area (Å²) in [7, 11) is 1.70. The van der Waals surface area contributed by atoms with Crippen molar-refractivity contribution in [3.05, 3.63) is 26.6 Å². The van der Waals surface area contributed by atoms with E-state index >= 15 is 0 Å². The molecule has 2 N–H and O–H groups in total. The second-order valence-electron chi connectivity index (χ2n) is 3.96. The molecule has 0 bridgehead atoms. The van der Waals surface area contributed by atoms with Crippen molar-refractivity contribution in [1.82, 2.24) is 10.6 Å². The molecule has 7 heteroatoms. The topological polar surface area (TPSA) is 33.3 Å². The molecule has 3 nitrogen and oxygen atoms in total. The number of nitrogens with one attached hydrogen (secondary N) is 2. The summed E-state index contributed by atoms with van der Waals surface area (Å²) in [6.07, 6.45) is 1.13. The van der Waals surface area contributed by atoms with Gasteiger partial charge in [0, 0.05) is 16.6 Å². The Labute approximate surface area is 150 Å². The molecule has 1 rings (SSSR count). The zero-order valence-electron chi connectivity index (χ0n) is 11.7. The molecule has 1 aromatic rings. The van der Waals surface area contributed by atoms with Gasteiger partial charge in [-0.1, -0.05) is 22.9 Å². The van der Waals surface area contributed by atoms with Crippen LogP contribution >= 0.6 is 56.7 Å². The van der Waals surface area contributed by atoms with Gasteiger partial charge in [-0.25, -0.2) is 0 Å². The van der Waals surface area contributed by atoms with Gasteiger partial charge in [0.1, 0.15) is 5.75 Å². The number of rotatable bonds is 8. The van der Waals surface area contributed by atoms with Crippen molar-refractivity contribution in [2.45, 2.75) is 19.9 Å². The van der Waals surface area contributed by atoms with Crippen molar-refractivity contribution in [2.75, 3.05) is 26.7 Å². The van der Waals surface area contributed by atoms with Gasteiger partial charge in [-0.15, -0.1) is 24.8 Å². The molecule has 0 spiro atoms. The highest BCUT2D eigenvalue weighted by Crippen LogP contribution is 2.32. The fraction of sp³-hybridized carbons (Fsp3) is 0.538. The Hall–Kier alpha value is 0.480. The number of ether oxygens (including phenoxy) is 1. The normalized spacial score (nSPS) is 9.60. The van der Waals surface area contributed by atoms with Crippen molar-refractivity contribution < 1.29 is 4.74 Å². The molecule has 0 aliphatic heterocycles. The van der Waals surface area contributed by atoms with Crippen LogP contribution in [0.25, 0.3) is 0 Å². The van der Waals surface area contributed by atoms with E-state index in [1.807, 2.05) is 6.07 Å². The molecule has 1 aromatic carbocycles. The van der Waals surface area contributed by atoms with Crippen LogP contribution < -0.4 is 15.4 Å². The summed E-state index contributed by atoms with van der Waals surface area (Å²) in [5.74, 6) is 0.900. The first-order valence-corrected chi connectivity index (χ1v) is 7.71. The summed E-state index contributed by atoms with van der Waals surface area (Å²) < 4.78 is 7.44. The molecule has 0 unspecified atom stereocenters. The highest BCUT2D eigenvalue weighted by Gasteiger charge is 2.08. The average Bonchev–Trinajstić information content (AvgIpc) is 2.33. The lowest BCUT2D eigenvalue weighted by molar-refractivity contribution is 0.404. The van der Waals surface area contributed by atoms with Gasteiger partial charge in [0.15, 0.2) is 0 Å². The van der Waals surface area contributed by atoms with Crippen LogP contribution in [0, 0.1) is 0 Å². The lowest BCUT2D eigenvalue weighted by Crippen LogP contribution is -2.21. The first kappa shape index (κ1) is 22.8. The minimum Gasteiger partial charge on any atom is -0.495 e. The highest BCUT2D eigenvalue weighted by atomic mass is 79.9. The first-order valence-electron chi connectivity index (χ1n) is 6.12. The van der Waals surface area contributed by atoms with Gasteiger partial charge in [0.2, 0.25) is 0 Å². The third-order valence-electron chi connectivity index (χ3n) is 2.56. The Morgan fingerprint density at radius 1 is 1.10 bits per heavy atom. The summed E-state index contributed by atoms with van der Waals surface area (Å²) in [6, 6.07) is 4.08. The minimum absolute atomic E-state index is 0. The third kappa shape index (κ3) is 8.05. The molecule has 118 valence electrons. The number of hydrogen-bond donors (Lipinski definition) is 2. The van der Waals surface area contributed by atoms with Gasteiger partial charge >= 0.3 is 0 Å². The van der Waals surface area contributed by atoms with Crippen LogP contribution in [0.1, 0.15) is 18.9 Å². The van der Waals surface area contributed by atoms with E-state index in [-0.39, 0.29) is 24.8 Å². The van der Waals surface area contributed by atoms with E-state index in [2.05, 4.69) is 55.5 Å². The fourth-order valence-corrected chi connectivity index (χ4v) is 3.19. The monoisotopic (exact) mass is 450 g/mol. The van der Waals surface area contributed by atoms with Gasteiger partial charge in [-0.3, -0.25) is 0 Å². The summed E-state index contributed by atoms with van der Waals surface area (Å²) in [5, 5.41) is 6.74. The van der Waals surface area contributed by atoms with E-state index in [0.29, 0.717) is 0 Å². The SMILES string of the molecule is CCNCCCNCc1cc(Br)cc(Br)c1OC.Cl.Cl. The predicted octanol–water partition coefficient (Wildman–Crippen LogP) is 4.15. The molecule has 0 heterocycles.